The molecule has 0 atom stereocenters. The lowest BCUT2D eigenvalue weighted by molar-refractivity contribution is 0.102. The summed E-state index contributed by atoms with van der Waals surface area (Å²) in [6, 6.07) is 5.32. The zero-order valence-electron chi connectivity index (χ0n) is 10.4. The zero-order chi connectivity index (χ0) is 13.7. The van der Waals surface area contributed by atoms with Crippen LogP contribution < -0.4 is 5.32 Å². The summed E-state index contributed by atoms with van der Waals surface area (Å²) < 4.78 is 0. The van der Waals surface area contributed by atoms with Crippen LogP contribution in [0.2, 0.25) is 0 Å². The zero-order valence-corrected chi connectivity index (χ0v) is 10.4. The predicted molar refractivity (Wildman–Crippen MR) is 71.7 cm³/mol. The molecule has 1 amide bonds. The molecule has 0 spiro atoms. The first kappa shape index (κ1) is 12.9. The normalized spacial score (nSPS) is 9.58. The smallest absolute Gasteiger partial charge is 0.258 e. The fourth-order valence-electron chi connectivity index (χ4n) is 1.59. The average Bonchev–Trinajstić information content (AvgIpc) is 2.90. The molecule has 19 heavy (non-hydrogen) atoms. The van der Waals surface area contributed by atoms with Gasteiger partial charge in [0.05, 0.1) is 0 Å². The van der Waals surface area contributed by atoms with Crippen molar-refractivity contribution >= 4 is 11.9 Å². The molecule has 0 fully saturated rings. The van der Waals surface area contributed by atoms with Crippen LogP contribution >= 0.6 is 0 Å². The second kappa shape index (κ2) is 5.85. The molecule has 1 aromatic carbocycles. The molecule has 0 saturated heterocycles. The number of hydrogen-bond acceptors (Lipinski definition) is 3. The number of H-pyrrole nitrogens is 1. The maximum absolute atomic E-state index is 12.1. The Balaban J connectivity index is 2.25. The van der Waals surface area contributed by atoms with Crippen molar-refractivity contribution in [3.05, 3.63) is 47.3 Å². The summed E-state index contributed by atoms with van der Waals surface area (Å²) in [5.74, 6) is 5.47. The van der Waals surface area contributed by atoms with Gasteiger partial charge in [0.1, 0.15) is 6.61 Å². The number of carbonyl (C=O) groups excluding carboxylic acids is 1. The molecule has 0 aliphatic heterocycles. The standard InChI is InChI=1S/C14H13N3O2/c1-10-4-5-11(3-2-8-18)9-12(10)13(19)17-14-15-6-7-16-14/h4-7,9,18H,8H2,1H3,(H2,15,16,17,19). The lowest BCUT2D eigenvalue weighted by atomic mass is 10.0. The molecule has 0 unspecified atom stereocenters. The van der Waals surface area contributed by atoms with Crippen LogP contribution in [-0.2, 0) is 0 Å². The van der Waals surface area contributed by atoms with Gasteiger partial charge >= 0.3 is 0 Å². The Morgan fingerprint density at radius 1 is 1.53 bits per heavy atom. The number of rotatable bonds is 2. The van der Waals surface area contributed by atoms with Gasteiger partial charge in [0, 0.05) is 23.5 Å². The van der Waals surface area contributed by atoms with Crippen LogP contribution in [0, 0.1) is 18.8 Å². The molecule has 0 aliphatic rings. The number of aromatic nitrogens is 2. The van der Waals surface area contributed by atoms with E-state index in [1.807, 2.05) is 19.1 Å². The van der Waals surface area contributed by atoms with Gasteiger partial charge in [0.2, 0.25) is 5.95 Å². The Morgan fingerprint density at radius 2 is 2.37 bits per heavy atom. The Bertz CT molecular complexity index is 636. The van der Waals surface area contributed by atoms with Crippen LogP contribution in [0.4, 0.5) is 5.95 Å². The summed E-state index contributed by atoms with van der Waals surface area (Å²) in [5, 5.41) is 11.3. The van der Waals surface area contributed by atoms with E-state index in [2.05, 4.69) is 27.1 Å². The number of hydrogen-bond donors (Lipinski definition) is 3. The van der Waals surface area contributed by atoms with Crippen molar-refractivity contribution in [2.24, 2.45) is 0 Å². The van der Waals surface area contributed by atoms with Gasteiger partial charge in [-0.25, -0.2) is 4.98 Å². The number of aromatic amines is 1. The second-order valence-electron chi connectivity index (χ2n) is 3.88. The lowest BCUT2D eigenvalue weighted by Crippen LogP contribution is -2.14. The van der Waals surface area contributed by atoms with Crippen molar-refractivity contribution in [1.29, 1.82) is 0 Å². The van der Waals surface area contributed by atoms with Gasteiger partial charge in [0.25, 0.3) is 5.91 Å². The third-order valence-corrected chi connectivity index (χ3v) is 2.52. The van der Waals surface area contributed by atoms with Gasteiger partial charge in [-0.2, -0.15) is 0 Å². The molecule has 1 aromatic heterocycles. The molecule has 1 heterocycles. The quantitative estimate of drug-likeness (QED) is 0.708. The van der Waals surface area contributed by atoms with E-state index < -0.39 is 0 Å². The summed E-state index contributed by atoms with van der Waals surface area (Å²) in [6.45, 7) is 1.64. The Kier molecular flexibility index (Phi) is 3.96. The van der Waals surface area contributed by atoms with Gasteiger partial charge in [-0.05, 0) is 24.6 Å². The van der Waals surface area contributed by atoms with Crippen LogP contribution in [0.25, 0.3) is 0 Å². The first-order valence-corrected chi connectivity index (χ1v) is 5.72. The number of amides is 1. The minimum atomic E-state index is -0.250. The lowest BCUT2D eigenvalue weighted by Gasteiger charge is -2.06. The van der Waals surface area contributed by atoms with Gasteiger partial charge in [-0.15, -0.1) is 0 Å². The molecule has 0 saturated carbocycles. The van der Waals surface area contributed by atoms with E-state index in [0.29, 0.717) is 17.1 Å². The number of carbonyl (C=O) groups is 1. The topological polar surface area (TPSA) is 78.0 Å². The maximum Gasteiger partial charge on any atom is 0.258 e. The van der Waals surface area contributed by atoms with E-state index in [9.17, 15) is 4.79 Å². The summed E-state index contributed by atoms with van der Waals surface area (Å²) in [7, 11) is 0. The molecule has 2 aromatic rings. The largest absolute Gasteiger partial charge is 0.384 e. The molecule has 0 aliphatic carbocycles. The van der Waals surface area contributed by atoms with Crippen LogP contribution in [0.1, 0.15) is 21.5 Å². The van der Waals surface area contributed by atoms with Gasteiger partial charge < -0.3 is 10.1 Å². The van der Waals surface area contributed by atoms with Crippen molar-refractivity contribution in [3.63, 3.8) is 0 Å². The maximum atomic E-state index is 12.1. The molecule has 96 valence electrons. The number of aryl methyl sites for hydroxylation is 1. The highest BCUT2D eigenvalue weighted by molar-refractivity contribution is 6.04. The highest BCUT2D eigenvalue weighted by Gasteiger charge is 2.10. The van der Waals surface area contributed by atoms with E-state index in [1.165, 1.54) is 0 Å². The fraction of sp³-hybridized carbons (Fsp3) is 0.143. The summed E-state index contributed by atoms with van der Waals surface area (Å²) in [5.41, 5.74) is 2.06. The molecule has 3 N–H and O–H groups in total. The molecule has 5 heteroatoms. The predicted octanol–water partition coefficient (Wildman–Crippen LogP) is 1.31. The van der Waals surface area contributed by atoms with Crippen molar-refractivity contribution in [3.8, 4) is 11.8 Å². The number of aliphatic hydroxyl groups excluding tert-OH is 1. The monoisotopic (exact) mass is 255 g/mol. The SMILES string of the molecule is Cc1ccc(C#CCO)cc1C(=O)Nc1ncc[nH]1. The number of aliphatic hydroxyl groups is 1. The molecule has 5 nitrogen and oxygen atoms in total. The first-order chi connectivity index (χ1) is 9.20. The number of nitrogens with zero attached hydrogens (tertiary/aromatic N) is 1. The number of anilines is 1. The highest BCUT2D eigenvalue weighted by Crippen LogP contribution is 2.12. The molecule has 0 radical (unpaired) electrons. The van der Waals surface area contributed by atoms with E-state index in [1.54, 1.807) is 18.5 Å². The Labute approximate surface area is 110 Å². The highest BCUT2D eigenvalue weighted by atomic mass is 16.2. The number of benzene rings is 1. The molecular weight excluding hydrogens is 242 g/mol. The minimum absolute atomic E-state index is 0.207. The van der Waals surface area contributed by atoms with Gasteiger partial charge in [-0.1, -0.05) is 17.9 Å². The van der Waals surface area contributed by atoms with Crippen LogP contribution in [0.5, 0.6) is 0 Å². The van der Waals surface area contributed by atoms with Crippen LogP contribution in [0.15, 0.2) is 30.6 Å². The molecular formula is C14H13N3O2. The van der Waals surface area contributed by atoms with Crippen LogP contribution in [-0.4, -0.2) is 27.6 Å². The fourth-order valence-corrected chi connectivity index (χ4v) is 1.59. The Morgan fingerprint density at radius 3 is 3.05 bits per heavy atom. The average molecular weight is 255 g/mol. The third-order valence-electron chi connectivity index (χ3n) is 2.52. The molecule has 0 bridgehead atoms. The Hall–Kier alpha value is -2.58. The molecule has 2 rings (SSSR count). The third kappa shape index (κ3) is 3.21. The van der Waals surface area contributed by atoms with Gasteiger partial charge in [0.15, 0.2) is 0 Å². The van der Waals surface area contributed by atoms with Crippen LogP contribution in [0.3, 0.4) is 0 Å². The van der Waals surface area contributed by atoms with Gasteiger partial charge in [-0.3, -0.25) is 10.1 Å². The van der Waals surface area contributed by atoms with E-state index in [-0.39, 0.29) is 12.5 Å². The van der Waals surface area contributed by atoms with Crippen molar-refractivity contribution in [2.45, 2.75) is 6.92 Å². The number of nitrogens with one attached hydrogen (secondary N) is 2. The minimum Gasteiger partial charge on any atom is -0.384 e. The second-order valence-corrected chi connectivity index (χ2v) is 3.88. The van der Waals surface area contributed by atoms with Crippen molar-refractivity contribution in [2.75, 3.05) is 11.9 Å². The number of imidazole rings is 1. The van der Waals surface area contributed by atoms with E-state index >= 15 is 0 Å². The summed E-state index contributed by atoms with van der Waals surface area (Å²) in [4.78, 5) is 18.8. The van der Waals surface area contributed by atoms with E-state index in [4.69, 9.17) is 5.11 Å². The summed E-state index contributed by atoms with van der Waals surface area (Å²) in [6.07, 6.45) is 3.19. The van der Waals surface area contributed by atoms with E-state index in [0.717, 1.165) is 5.56 Å². The first-order valence-electron chi connectivity index (χ1n) is 5.72. The van der Waals surface area contributed by atoms with Crippen molar-refractivity contribution in [1.82, 2.24) is 9.97 Å². The van der Waals surface area contributed by atoms with Crippen molar-refractivity contribution < 1.29 is 9.90 Å². The summed E-state index contributed by atoms with van der Waals surface area (Å²) >= 11 is 0.